The van der Waals surface area contributed by atoms with Crippen LogP contribution in [0.3, 0.4) is 0 Å². The predicted molar refractivity (Wildman–Crippen MR) is 97.2 cm³/mol. The van der Waals surface area contributed by atoms with Gasteiger partial charge >= 0.3 is 5.97 Å². The smallest absolute Gasteiger partial charge is 0.328 e. The van der Waals surface area contributed by atoms with E-state index in [2.05, 4.69) is 10.3 Å². The molecule has 1 heterocycles. The molecule has 26 heavy (non-hydrogen) atoms. The molecule has 142 valence electrons. The number of nitrogens with zero attached hydrogens (tertiary/aromatic N) is 1. The summed E-state index contributed by atoms with van der Waals surface area (Å²) >= 11 is 0. The molecule has 0 aromatic carbocycles. The van der Waals surface area contributed by atoms with Crippen molar-refractivity contribution in [1.29, 1.82) is 0 Å². The molecule has 0 saturated heterocycles. The summed E-state index contributed by atoms with van der Waals surface area (Å²) in [6.07, 6.45) is 5.21. The van der Waals surface area contributed by atoms with Gasteiger partial charge in [-0.1, -0.05) is 19.9 Å². The number of amides is 1. The molecule has 2 saturated carbocycles. The number of ether oxygens (including phenoxy) is 2. The molecule has 0 aliphatic heterocycles. The Bertz CT molecular complexity index is 666. The van der Waals surface area contributed by atoms with Crippen molar-refractivity contribution in [2.24, 2.45) is 11.8 Å². The minimum atomic E-state index is -0.673. The lowest BCUT2D eigenvalue weighted by molar-refractivity contribution is -0.143. The standard InChI is InChI=1S/C20H28N2O4/c1-12(2)10-17(20(24)25-3)21-18(23)16-9-8-15(14-6-7-14)19(22-16)26-11-13-4-5-13/h8-9,12-14,17H,4-7,10-11H2,1-3H3,(H,21,23)/t17-/m0/s1. The molecule has 0 bridgehead atoms. The Balaban J connectivity index is 1.72. The molecule has 6 nitrogen and oxygen atoms in total. The van der Waals surface area contributed by atoms with Crippen LogP contribution in [-0.2, 0) is 9.53 Å². The fraction of sp³-hybridized carbons (Fsp3) is 0.650. The van der Waals surface area contributed by atoms with E-state index in [1.54, 1.807) is 6.07 Å². The zero-order valence-electron chi connectivity index (χ0n) is 15.8. The maximum Gasteiger partial charge on any atom is 0.328 e. The summed E-state index contributed by atoms with van der Waals surface area (Å²) < 4.78 is 10.7. The summed E-state index contributed by atoms with van der Waals surface area (Å²) in [5.41, 5.74) is 1.37. The number of esters is 1. The Kier molecular flexibility index (Phi) is 5.79. The van der Waals surface area contributed by atoms with Gasteiger partial charge in [0, 0.05) is 5.56 Å². The van der Waals surface area contributed by atoms with Crippen molar-refractivity contribution in [3.8, 4) is 5.88 Å². The highest BCUT2D eigenvalue weighted by Crippen LogP contribution is 2.44. The van der Waals surface area contributed by atoms with E-state index >= 15 is 0 Å². The number of hydrogen-bond donors (Lipinski definition) is 1. The Hall–Kier alpha value is -2.11. The van der Waals surface area contributed by atoms with Crippen LogP contribution in [0.4, 0.5) is 0 Å². The van der Waals surface area contributed by atoms with E-state index in [-0.39, 0.29) is 17.5 Å². The molecule has 6 heteroatoms. The maximum atomic E-state index is 12.6. The normalized spacial score (nSPS) is 17.7. The van der Waals surface area contributed by atoms with Crippen LogP contribution in [0.5, 0.6) is 5.88 Å². The quantitative estimate of drug-likeness (QED) is 0.685. The van der Waals surface area contributed by atoms with Gasteiger partial charge in [0.05, 0.1) is 13.7 Å². The second-order valence-electron chi connectivity index (χ2n) is 7.80. The molecule has 2 fully saturated rings. The van der Waals surface area contributed by atoms with Gasteiger partial charge in [-0.25, -0.2) is 9.78 Å². The first-order valence-electron chi connectivity index (χ1n) is 9.50. The highest BCUT2D eigenvalue weighted by Gasteiger charge is 2.30. The molecule has 1 aromatic rings. The number of hydrogen-bond acceptors (Lipinski definition) is 5. The van der Waals surface area contributed by atoms with E-state index < -0.39 is 12.0 Å². The molecule has 0 spiro atoms. The third-order valence-corrected chi connectivity index (χ3v) is 4.79. The van der Waals surface area contributed by atoms with Gasteiger partial charge in [-0.3, -0.25) is 4.79 Å². The van der Waals surface area contributed by atoms with Crippen LogP contribution in [0.25, 0.3) is 0 Å². The molecule has 3 rings (SSSR count). The highest BCUT2D eigenvalue weighted by atomic mass is 16.5. The second kappa shape index (κ2) is 8.06. The van der Waals surface area contributed by atoms with Gasteiger partial charge in [-0.2, -0.15) is 0 Å². The predicted octanol–water partition coefficient (Wildman–Crippen LogP) is 3.07. The summed E-state index contributed by atoms with van der Waals surface area (Å²) in [6, 6.07) is 2.99. The zero-order chi connectivity index (χ0) is 18.7. The molecule has 1 N–H and O–H groups in total. The first-order valence-corrected chi connectivity index (χ1v) is 9.50. The van der Waals surface area contributed by atoms with Gasteiger partial charge in [0.1, 0.15) is 11.7 Å². The SMILES string of the molecule is COC(=O)[C@H](CC(C)C)NC(=O)c1ccc(C2CC2)c(OCC2CC2)n1. The fourth-order valence-corrected chi connectivity index (χ4v) is 2.94. The zero-order valence-corrected chi connectivity index (χ0v) is 15.8. The van der Waals surface area contributed by atoms with Crippen LogP contribution in [0.15, 0.2) is 12.1 Å². The first-order chi connectivity index (χ1) is 12.5. The number of methoxy groups -OCH3 is 1. The van der Waals surface area contributed by atoms with E-state index in [0.717, 1.165) is 18.4 Å². The van der Waals surface area contributed by atoms with Gasteiger partial charge in [0.2, 0.25) is 5.88 Å². The molecular weight excluding hydrogens is 332 g/mol. The van der Waals surface area contributed by atoms with E-state index in [1.807, 2.05) is 19.9 Å². The Morgan fingerprint density at radius 3 is 2.54 bits per heavy atom. The summed E-state index contributed by atoms with van der Waals surface area (Å²) in [6.45, 7) is 4.65. The number of aromatic nitrogens is 1. The van der Waals surface area contributed by atoms with Gasteiger partial charge < -0.3 is 14.8 Å². The van der Waals surface area contributed by atoms with Gasteiger partial charge in [-0.15, -0.1) is 0 Å². The van der Waals surface area contributed by atoms with Crippen LogP contribution in [0.2, 0.25) is 0 Å². The molecule has 0 radical (unpaired) electrons. The van der Waals surface area contributed by atoms with Crippen LogP contribution in [0.1, 0.15) is 67.9 Å². The van der Waals surface area contributed by atoms with Crippen LogP contribution in [-0.4, -0.2) is 36.6 Å². The van der Waals surface area contributed by atoms with Crippen molar-refractivity contribution >= 4 is 11.9 Å². The number of carbonyl (C=O) groups is 2. The minimum absolute atomic E-state index is 0.252. The number of pyridine rings is 1. The molecule has 1 atom stereocenters. The lowest BCUT2D eigenvalue weighted by Gasteiger charge is -2.18. The summed E-state index contributed by atoms with van der Waals surface area (Å²) in [7, 11) is 1.33. The Morgan fingerprint density at radius 2 is 1.96 bits per heavy atom. The molecular formula is C20H28N2O4. The van der Waals surface area contributed by atoms with Gasteiger partial charge in [0.25, 0.3) is 5.91 Å². The van der Waals surface area contributed by atoms with Crippen LogP contribution in [0, 0.1) is 11.8 Å². The van der Waals surface area contributed by atoms with Crippen molar-refractivity contribution in [2.75, 3.05) is 13.7 Å². The first kappa shape index (κ1) is 18.7. The second-order valence-corrected chi connectivity index (χ2v) is 7.80. The van der Waals surface area contributed by atoms with Crippen molar-refractivity contribution < 1.29 is 19.1 Å². The minimum Gasteiger partial charge on any atom is -0.477 e. The summed E-state index contributed by atoms with van der Waals surface area (Å²) in [5, 5.41) is 2.75. The van der Waals surface area contributed by atoms with E-state index in [4.69, 9.17) is 9.47 Å². The average Bonchev–Trinajstić information content (AvgIpc) is 3.51. The van der Waals surface area contributed by atoms with E-state index in [9.17, 15) is 9.59 Å². The van der Waals surface area contributed by atoms with E-state index in [0.29, 0.717) is 30.7 Å². The Labute approximate surface area is 154 Å². The topological polar surface area (TPSA) is 77.5 Å². The molecule has 1 aromatic heterocycles. The lowest BCUT2D eigenvalue weighted by atomic mass is 10.0. The van der Waals surface area contributed by atoms with Gasteiger partial charge in [0.15, 0.2) is 0 Å². The summed E-state index contributed by atoms with van der Waals surface area (Å²) in [4.78, 5) is 29.0. The van der Waals surface area contributed by atoms with Crippen molar-refractivity contribution in [3.63, 3.8) is 0 Å². The van der Waals surface area contributed by atoms with Crippen molar-refractivity contribution in [3.05, 3.63) is 23.4 Å². The Morgan fingerprint density at radius 1 is 1.23 bits per heavy atom. The molecule has 2 aliphatic rings. The lowest BCUT2D eigenvalue weighted by Crippen LogP contribution is -2.42. The van der Waals surface area contributed by atoms with Crippen molar-refractivity contribution in [2.45, 2.75) is 57.9 Å². The number of nitrogens with one attached hydrogen (secondary N) is 1. The molecule has 0 unspecified atom stereocenters. The van der Waals surface area contributed by atoms with Crippen LogP contribution < -0.4 is 10.1 Å². The largest absolute Gasteiger partial charge is 0.477 e. The molecule has 1 amide bonds. The number of rotatable bonds is 9. The van der Waals surface area contributed by atoms with E-state index in [1.165, 1.54) is 20.0 Å². The third-order valence-electron chi connectivity index (χ3n) is 4.79. The monoisotopic (exact) mass is 360 g/mol. The third kappa shape index (κ3) is 4.96. The summed E-state index contributed by atoms with van der Waals surface area (Å²) in [5.74, 6) is 1.13. The maximum absolute atomic E-state index is 12.6. The highest BCUT2D eigenvalue weighted by molar-refractivity contribution is 5.95. The van der Waals surface area contributed by atoms with Crippen molar-refractivity contribution in [1.82, 2.24) is 10.3 Å². The van der Waals surface area contributed by atoms with Gasteiger partial charge in [-0.05, 0) is 55.9 Å². The molecule has 2 aliphatic carbocycles. The average molecular weight is 360 g/mol. The van der Waals surface area contributed by atoms with Crippen LogP contribution >= 0.6 is 0 Å². The number of carbonyl (C=O) groups excluding carboxylic acids is 2. The fourth-order valence-electron chi connectivity index (χ4n) is 2.94.